The lowest BCUT2D eigenvalue weighted by atomic mass is 9.64. The van der Waals surface area contributed by atoms with Gasteiger partial charge >= 0.3 is 0 Å². The first kappa shape index (κ1) is 78.9. The molecule has 2 aromatic heterocycles. The van der Waals surface area contributed by atoms with Crippen molar-refractivity contribution in [3.63, 3.8) is 0 Å². The smallest absolute Gasteiger partial charge is 0.153 e. The van der Waals surface area contributed by atoms with E-state index in [1.54, 1.807) is 14.2 Å². The van der Waals surface area contributed by atoms with Gasteiger partial charge in [-0.25, -0.2) is 0 Å². The topological polar surface area (TPSA) is 226 Å². The van der Waals surface area contributed by atoms with Crippen LogP contribution in [0, 0.1) is 10.8 Å². The minimum absolute atomic E-state index is 0. The van der Waals surface area contributed by atoms with E-state index in [1.807, 2.05) is 24.3 Å². The Morgan fingerprint density at radius 2 is 0.846 bits per heavy atom. The Morgan fingerprint density at radius 3 is 1.22 bits per heavy atom. The molecular formula is C66H98Cl6N10O9. The quantitative estimate of drug-likeness (QED) is 0.0866. The summed E-state index contributed by atoms with van der Waals surface area (Å²) in [6.07, 6.45) is 10.1. The highest BCUT2D eigenvalue weighted by Gasteiger charge is 2.54. The van der Waals surface area contributed by atoms with E-state index in [9.17, 15) is 10.2 Å². The van der Waals surface area contributed by atoms with Crippen LogP contribution in [0.5, 0.6) is 11.5 Å². The van der Waals surface area contributed by atoms with Crippen LogP contribution in [-0.4, -0.2) is 198 Å². The second-order valence-electron chi connectivity index (χ2n) is 24.6. The molecule has 0 saturated carbocycles. The van der Waals surface area contributed by atoms with E-state index in [1.165, 1.54) is 83.1 Å². The highest BCUT2D eigenvalue weighted by molar-refractivity contribution is 6.01. The van der Waals surface area contributed by atoms with Crippen LogP contribution in [-0.2, 0) is 22.5 Å². The zero-order valence-electron chi connectivity index (χ0n) is 52.9. The first-order valence-corrected chi connectivity index (χ1v) is 30.9. The van der Waals surface area contributed by atoms with E-state index >= 15 is 0 Å². The molecule has 14 rings (SSSR count). The van der Waals surface area contributed by atoms with E-state index < -0.39 is 12.2 Å². The fraction of sp³-hybridized carbons (Fsp3) is 0.545. The van der Waals surface area contributed by atoms with E-state index in [2.05, 4.69) is 125 Å². The van der Waals surface area contributed by atoms with Crippen molar-refractivity contribution in [2.75, 3.05) is 129 Å². The molecule has 8 N–H and O–H groups in total. The van der Waals surface area contributed by atoms with Crippen LogP contribution < -0.4 is 19.3 Å². The third-order valence-corrected chi connectivity index (χ3v) is 20.3. The molecule has 6 aromatic rings. The number of piperidine rings is 2. The van der Waals surface area contributed by atoms with Gasteiger partial charge in [0.15, 0.2) is 11.7 Å². The number of oxime groups is 2. The van der Waals surface area contributed by atoms with Crippen molar-refractivity contribution in [1.82, 2.24) is 28.7 Å². The van der Waals surface area contributed by atoms with Crippen LogP contribution in [0.25, 0.3) is 21.8 Å². The summed E-state index contributed by atoms with van der Waals surface area (Å²) in [7, 11) is 3.44. The Morgan fingerprint density at radius 1 is 0.484 bits per heavy atom. The van der Waals surface area contributed by atoms with Crippen LogP contribution in [0.3, 0.4) is 0 Å². The highest BCUT2D eigenvalue weighted by Crippen LogP contribution is 2.59. The molecule has 4 saturated heterocycles. The Bertz CT molecular complexity index is 3110. The summed E-state index contributed by atoms with van der Waals surface area (Å²) in [4.78, 5) is 26.8. The monoisotopic (exact) mass is 1380 g/mol. The lowest BCUT2D eigenvalue weighted by Crippen LogP contribution is -2.53. The molecule has 508 valence electrons. The van der Waals surface area contributed by atoms with Gasteiger partial charge in [0.2, 0.25) is 0 Å². The predicted molar refractivity (Wildman–Crippen MR) is 380 cm³/mol. The molecule has 0 radical (unpaired) electrons. The van der Waals surface area contributed by atoms with Crippen molar-refractivity contribution in [3.8, 4) is 11.5 Å². The van der Waals surface area contributed by atoms with E-state index in [0.717, 1.165) is 139 Å². The molecule has 4 aromatic carbocycles. The summed E-state index contributed by atoms with van der Waals surface area (Å²) in [5, 5.41) is 34.1. The molecule has 0 amide bonds. The Balaban J connectivity index is 0.000000353. The lowest BCUT2D eigenvalue weighted by molar-refractivity contribution is -0.00754. The van der Waals surface area contributed by atoms with Gasteiger partial charge in [-0.05, 0) is 123 Å². The van der Waals surface area contributed by atoms with Crippen molar-refractivity contribution in [1.29, 1.82) is 0 Å². The van der Waals surface area contributed by atoms with Gasteiger partial charge in [0.05, 0.1) is 48.7 Å². The highest BCUT2D eigenvalue weighted by atomic mass is 35.5. The van der Waals surface area contributed by atoms with Crippen LogP contribution >= 0.6 is 74.4 Å². The van der Waals surface area contributed by atoms with E-state index in [-0.39, 0.29) is 115 Å². The number of hydrogen-bond acceptors (Lipinski definition) is 14. The number of aliphatic hydroxyl groups is 2. The number of aromatic nitrogens is 2. The molecule has 8 aliphatic rings. The average molecular weight is 1390 g/mol. The SMILES string of the molecule is CC[C@]12CCCN3CCc4c(n(c5ccccc45)/C(=N\OCC(O)CN4CCN(c5ccccc5OC)CC4)C1)[C@@H]32.CC[C@]12CCCN3CCc4c(n(c5ccccc45)/C(=N\OCC(O)CN4CCN(c5ccccc5OC)CC4)C1)[C@@H]32.Cl.Cl.Cl.Cl.Cl.Cl.O.O.O. The summed E-state index contributed by atoms with van der Waals surface area (Å²) < 4.78 is 15.9. The van der Waals surface area contributed by atoms with Gasteiger partial charge in [-0.3, -0.25) is 28.7 Å². The number of anilines is 2. The predicted octanol–water partition coefficient (Wildman–Crippen LogP) is 9.07. The van der Waals surface area contributed by atoms with Gasteiger partial charge < -0.3 is 55.6 Å². The minimum atomic E-state index is -0.589. The molecule has 0 bridgehead atoms. The normalized spacial score (nSPS) is 23.7. The minimum Gasteiger partial charge on any atom is -0.495 e. The summed E-state index contributed by atoms with van der Waals surface area (Å²) in [5.41, 5.74) is 11.0. The average Bonchev–Trinajstić information content (AvgIpc) is 1.61. The number of fused-ring (bicyclic) bond motifs is 6. The second kappa shape index (κ2) is 34.2. The van der Waals surface area contributed by atoms with Gasteiger partial charge in [0.1, 0.15) is 36.9 Å². The molecular weight excluding hydrogens is 1290 g/mol. The number of piperazine rings is 2. The maximum Gasteiger partial charge on any atom is 0.153 e. The molecule has 10 heterocycles. The largest absolute Gasteiger partial charge is 0.495 e. The third-order valence-electron chi connectivity index (χ3n) is 20.3. The molecule has 0 aliphatic carbocycles. The lowest BCUT2D eigenvalue weighted by Gasteiger charge is -2.55. The van der Waals surface area contributed by atoms with Gasteiger partial charge in [-0.1, -0.05) is 84.8 Å². The van der Waals surface area contributed by atoms with E-state index in [4.69, 9.17) is 29.5 Å². The molecule has 4 fully saturated rings. The number of β-amino-alcohol motifs (C(OH)–C–C–N with tert-alkyl or cyclic N) is 2. The Hall–Kier alpha value is -4.52. The van der Waals surface area contributed by atoms with Crippen LogP contribution in [0.1, 0.15) is 99.8 Å². The summed E-state index contributed by atoms with van der Waals surface area (Å²) in [5.74, 6) is 3.82. The zero-order valence-corrected chi connectivity index (χ0v) is 57.8. The molecule has 19 nitrogen and oxygen atoms in total. The number of ether oxygens (including phenoxy) is 2. The second-order valence-corrected chi connectivity index (χ2v) is 24.6. The fourth-order valence-electron chi connectivity index (χ4n) is 16.3. The number of nitrogens with zero attached hydrogens (tertiary/aromatic N) is 10. The van der Waals surface area contributed by atoms with Crippen LogP contribution in [0.15, 0.2) is 107 Å². The van der Waals surface area contributed by atoms with Crippen molar-refractivity contribution in [3.05, 3.63) is 120 Å². The maximum absolute atomic E-state index is 10.9. The summed E-state index contributed by atoms with van der Waals surface area (Å²) >= 11 is 0. The molecule has 8 aliphatic heterocycles. The zero-order chi connectivity index (χ0) is 56.0. The number of methoxy groups -OCH3 is 2. The van der Waals surface area contributed by atoms with Crippen molar-refractivity contribution < 1.29 is 45.8 Å². The number of aliphatic hydroxyl groups excluding tert-OH is 2. The van der Waals surface area contributed by atoms with E-state index in [0.29, 0.717) is 25.2 Å². The van der Waals surface area contributed by atoms with Crippen LogP contribution in [0.2, 0.25) is 0 Å². The number of hydrogen-bond donors (Lipinski definition) is 2. The number of para-hydroxylation sites is 6. The van der Waals surface area contributed by atoms with Crippen LogP contribution in [0.4, 0.5) is 11.4 Å². The molecule has 2 unspecified atom stereocenters. The first-order chi connectivity index (χ1) is 40.2. The Labute approximate surface area is 573 Å². The molecule has 91 heavy (non-hydrogen) atoms. The fourth-order valence-corrected chi connectivity index (χ4v) is 16.3. The molecule has 0 spiro atoms. The summed E-state index contributed by atoms with van der Waals surface area (Å²) in [6.45, 7) is 18.1. The van der Waals surface area contributed by atoms with Gasteiger partial charge in [-0.15, -0.1) is 74.4 Å². The van der Waals surface area contributed by atoms with Gasteiger partial charge in [0.25, 0.3) is 0 Å². The van der Waals surface area contributed by atoms with Crippen molar-refractivity contribution in [2.45, 2.75) is 102 Å². The number of halogens is 6. The standard InChI is InChI=1S/2C33H43N5O3.6ClH.3H2O/c2*1-3-33-14-8-15-37-16-13-26-25-9-4-5-10-27(25)38(31(26)32(33)37)30(21-33)34-41-23-24(39)22-35-17-19-36(20-18-35)28-11-6-7-12-29(28)40-2;;;;;;;;;/h2*4-7,9-12,24,32,39H,3,8,13-23H2,1-2H3;6*1H;3*1H2/b2*34-30-;;;;;;;;;/t2*24?,32-,33+;;;;;;;;;/m11........./s1. The number of rotatable bonds is 16. The van der Waals surface area contributed by atoms with Gasteiger partial charge in [0, 0.05) is 114 Å². The first-order valence-electron chi connectivity index (χ1n) is 30.9. The Kier molecular flexibility index (Phi) is 29.7. The maximum atomic E-state index is 10.9. The van der Waals surface area contributed by atoms with Crippen molar-refractivity contribution >= 4 is 119 Å². The molecule has 6 atom stereocenters. The number of benzene rings is 4. The third kappa shape index (κ3) is 15.0. The molecule has 25 heteroatoms. The van der Waals surface area contributed by atoms with Crippen molar-refractivity contribution in [2.24, 2.45) is 21.1 Å². The van der Waals surface area contributed by atoms with Gasteiger partial charge in [-0.2, -0.15) is 0 Å². The summed E-state index contributed by atoms with van der Waals surface area (Å²) in [6, 6.07) is 34.9.